The van der Waals surface area contributed by atoms with Gasteiger partial charge in [-0.05, 0) is 30.3 Å². The summed E-state index contributed by atoms with van der Waals surface area (Å²) in [5.74, 6) is 5.52. The van der Waals surface area contributed by atoms with Crippen molar-refractivity contribution < 1.29 is 4.79 Å². The van der Waals surface area contributed by atoms with Gasteiger partial charge in [-0.3, -0.25) is 4.79 Å². The molecule has 0 aliphatic heterocycles. The fourth-order valence-corrected chi connectivity index (χ4v) is 1.62. The van der Waals surface area contributed by atoms with Crippen molar-refractivity contribution in [3.63, 3.8) is 0 Å². The molecular formula is C16H14N2O. The van der Waals surface area contributed by atoms with E-state index in [0.29, 0.717) is 12.1 Å². The SMILES string of the molecule is NCC#Cc1cccc(C(=O)Nc2ccccc2)c1. The van der Waals surface area contributed by atoms with Crippen LogP contribution >= 0.6 is 0 Å². The smallest absolute Gasteiger partial charge is 0.255 e. The molecule has 0 radical (unpaired) electrons. The van der Waals surface area contributed by atoms with E-state index >= 15 is 0 Å². The Labute approximate surface area is 112 Å². The van der Waals surface area contributed by atoms with E-state index in [9.17, 15) is 4.79 Å². The van der Waals surface area contributed by atoms with Gasteiger partial charge in [-0.15, -0.1) is 0 Å². The predicted molar refractivity (Wildman–Crippen MR) is 76.8 cm³/mol. The van der Waals surface area contributed by atoms with E-state index in [1.54, 1.807) is 18.2 Å². The molecule has 0 fully saturated rings. The average Bonchev–Trinajstić information content (AvgIpc) is 2.46. The van der Waals surface area contributed by atoms with Crippen molar-refractivity contribution in [1.82, 2.24) is 0 Å². The van der Waals surface area contributed by atoms with E-state index in [0.717, 1.165) is 11.3 Å². The number of amides is 1. The molecule has 0 aliphatic carbocycles. The Balaban J connectivity index is 2.15. The van der Waals surface area contributed by atoms with Crippen molar-refractivity contribution in [1.29, 1.82) is 0 Å². The van der Waals surface area contributed by atoms with Crippen LogP contribution in [0.2, 0.25) is 0 Å². The summed E-state index contributed by atoms with van der Waals surface area (Å²) in [5.41, 5.74) is 7.45. The maximum absolute atomic E-state index is 12.1. The van der Waals surface area contributed by atoms with Crippen molar-refractivity contribution in [2.75, 3.05) is 11.9 Å². The number of anilines is 1. The molecule has 19 heavy (non-hydrogen) atoms. The molecule has 2 rings (SSSR count). The zero-order valence-corrected chi connectivity index (χ0v) is 10.4. The highest BCUT2D eigenvalue weighted by atomic mass is 16.1. The van der Waals surface area contributed by atoms with Gasteiger partial charge >= 0.3 is 0 Å². The Hall–Kier alpha value is -2.57. The van der Waals surface area contributed by atoms with Gasteiger partial charge < -0.3 is 11.1 Å². The first-order chi connectivity index (χ1) is 9.29. The molecule has 0 bridgehead atoms. The molecule has 0 saturated carbocycles. The minimum Gasteiger partial charge on any atom is -0.322 e. The average molecular weight is 250 g/mol. The Morgan fingerprint density at radius 2 is 1.89 bits per heavy atom. The molecule has 0 atom stereocenters. The van der Waals surface area contributed by atoms with Crippen LogP contribution in [0.4, 0.5) is 5.69 Å². The van der Waals surface area contributed by atoms with Crippen molar-refractivity contribution in [3.8, 4) is 11.8 Å². The molecule has 0 unspecified atom stereocenters. The van der Waals surface area contributed by atoms with Crippen LogP contribution in [-0.4, -0.2) is 12.5 Å². The van der Waals surface area contributed by atoms with E-state index in [1.165, 1.54) is 0 Å². The normalized spacial score (nSPS) is 9.32. The number of hydrogen-bond acceptors (Lipinski definition) is 2. The molecule has 2 aromatic carbocycles. The van der Waals surface area contributed by atoms with Crippen LogP contribution in [0.15, 0.2) is 54.6 Å². The van der Waals surface area contributed by atoms with Crippen molar-refractivity contribution in [2.45, 2.75) is 0 Å². The standard InChI is InChI=1S/C16H14N2O/c17-11-5-7-13-6-4-8-14(12-13)16(19)18-15-9-2-1-3-10-15/h1-4,6,8-10,12H,11,17H2,(H,18,19). The lowest BCUT2D eigenvalue weighted by atomic mass is 10.1. The van der Waals surface area contributed by atoms with Gasteiger partial charge in [0.1, 0.15) is 0 Å². The molecule has 3 nitrogen and oxygen atoms in total. The quantitative estimate of drug-likeness (QED) is 0.803. The molecule has 3 N–H and O–H groups in total. The van der Waals surface area contributed by atoms with Crippen LogP contribution in [0.25, 0.3) is 0 Å². The lowest BCUT2D eigenvalue weighted by molar-refractivity contribution is 0.102. The zero-order valence-electron chi connectivity index (χ0n) is 10.4. The molecule has 0 spiro atoms. The van der Waals surface area contributed by atoms with Gasteiger partial charge in [-0.25, -0.2) is 0 Å². The highest BCUT2D eigenvalue weighted by molar-refractivity contribution is 6.04. The third-order valence-corrected chi connectivity index (χ3v) is 2.49. The lowest BCUT2D eigenvalue weighted by Gasteiger charge is -2.05. The van der Waals surface area contributed by atoms with E-state index in [1.807, 2.05) is 36.4 Å². The molecule has 2 aromatic rings. The second-order valence-corrected chi connectivity index (χ2v) is 3.91. The summed E-state index contributed by atoms with van der Waals surface area (Å²) < 4.78 is 0. The molecule has 0 saturated heterocycles. The van der Waals surface area contributed by atoms with E-state index < -0.39 is 0 Å². The van der Waals surface area contributed by atoms with Gasteiger partial charge in [0.25, 0.3) is 5.91 Å². The van der Waals surface area contributed by atoms with Gasteiger partial charge in [0.2, 0.25) is 0 Å². The Kier molecular flexibility index (Phi) is 4.33. The first kappa shape index (κ1) is 12.9. The van der Waals surface area contributed by atoms with Crippen molar-refractivity contribution >= 4 is 11.6 Å². The minimum absolute atomic E-state index is 0.150. The number of nitrogens with two attached hydrogens (primary N) is 1. The topological polar surface area (TPSA) is 55.1 Å². The second-order valence-electron chi connectivity index (χ2n) is 3.91. The number of carbonyl (C=O) groups is 1. The molecule has 0 aliphatic rings. The highest BCUT2D eigenvalue weighted by Crippen LogP contribution is 2.10. The fraction of sp³-hybridized carbons (Fsp3) is 0.0625. The van der Waals surface area contributed by atoms with Crippen LogP contribution in [-0.2, 0) is 0 Å². The molecule has 0 heterocycles. The summed E-state index contributed by atoms with van der Waals surface area (Å²) in [5, 5.41) is 2.83. The zero-order chi connectivity index (χ0) is 13.5. The summed E-state index contributed by atoms with van der Waals surface area (Å²) in [6.07, 6.45) is 0. The molecule has 1 amide bonds. The van der Waals surface area contributed by atoms with Crippen LogP contribution in [0.3, 0.4) is 0 Å². The Bertz CT molecular complexity index is 624. The fourth-order valence-electron chi connectivity index (χ4n) is 1.62. The van der Waals surface area contributed by atoms with E-state index in [-0.39, 0.29) is 5.91 Å². The molecule has 0 aromatic heterocycles. The Morgan fingerprint density at radius 3 is 2.63 bits per heavy atom. The highest BCUT2D eigenvalue weighted by Gasteiger charge is 2.05. The summed E-state index contributed by atoms with van der Waals surface area (Å²) in [7, 11) is 0. The summed E-state index contributed by atoms with van der Waals surface area (Å²) >= 11 is 0. The van der Waals surface area contributed by atoms with E-state index in [2.05, 4.69) is 17.2 Å². The summed E-state index contributed by atoms with van der Waals surface area (Å²) in [4.78, 5) is 12.1. The van der Waals surface area contributed by atoms with Gasteiger partial charge in [-0.2, -0.15) is 0 Å². The third-order valence-electron chi connectivity index (χ3n) is 2.49. The lowest BCUT2D eigenvalue weighted by Crippen LogP contribution is -2.11. The van der Waals surface area contributed by atoms with Crippen LogP contribution in [0.1, 0.15) is 15.9 Å². The van der Waals surface area contributed by atoms with Crippen molar-refractivity contribution in [2.24, 2.45) is 5.73 Å². The van der Waals surface area contributed by atoms with Crippen molar-refractivity contribution in [3.05, 3.63) is 65.7 Å². The van der Waals surface area contributed by atoms with Crippen LogP contribution in [0, 0.1) is 11.8 Å². The van der Waals surface area contributed by atoms with E-state index in [4.69, 9.17) is 5.73 Å². The third kappa shape index (κ3) is 3.70. The maximum Gasteiger partial charge on any atom is 0.255 e. The Morgan fingerprint density at radius 1 is 1.11 bits per heavy atom. The van der Waals surface area contributed by atoms with Gasteiger partial charge in [-0.1, -0.05) is 36.1 Å². The largest absolute Gasteiger partial charge is 0.322 e. The van der Waals surface area contributed by atoms with Gasteiger partial charge in [0, 0.05) is 16.8 Å². The number of carbonyl (C=O) groups excluding carboxylic acids is 1. The molecule has 94 valence electrons. The predicted octanol–water partition coefficient (Wildman–Crippen LogP) is 2.25. The van der Waals surface area contributed by atoms with Crippen LogP contribution < -0.4 is 11.1 Å². The first-order valence-electron chi connectivity index (χ1n) is 5.95. The summed E-state index contributed by atoms with van der Waals surface area (Å²) in [6.45, 7) is 0.306. The minimum atomic E-state index is -0.150. The number of hydrogen-bond donors (Lipinski definition) is 2. The first-order valence-corrected chi connectivity index (χ1v) is 5.95. The second kappa shape index (κ2) is 6.39. The molecular weight excluding hydrogens is 236 g/mol. The maximum atomic E-state index is 12.1. The monoisotopic (exact) mass is 250 g/mol. The number of nitrogens with one attached hydrogen (secondary N) is 1. The van der Waals surface area contributed by atoms with Crippen LogP contribution in [0.5, 0.6) is 0 Å². The number of para-hydroxylation sites is 1. The summed E-state index contributed by atoms with van der Waals surface area (Å²) in [6, 6.07) is 16.5. The van der Waals surface area contributed by atoms with Gasteiger partial charge in [0.05, 0.1) is 6.54 Å². The number of benzene rings is 2. The van der Waals surface area contributed by atoms with Gasteiger partial charge in [0.15, 0.2) is 0 Å². The number of rotatable bonds is 2. The molecule has 3 heteroatoms.